The molecule has 0 aromatic rings. The molecule has 4 unspecified atom stereocenters. The minimum absolute atomic E-state index is 0.314. The highest BCUT2D eigenvalue weighted by Crippen LogP contribution is 2.65. The maximum Gasteiger partial charge on any atom is 0.0592 e. The van der Waals surface area contributed by atoms with Crippen molar-refractivity contribution in [1.29, 1.82) is 0 Å². The zero-order chi connectivity index (χ0) is 8.22. The topological polar surface area (TPSA) is 23.5 Å². The van der Waals surface area contributed by atoms with E-state index in [0.717, 1.165) is 18.4 Å². The van der Waals surface area contributed by atoms with Gasteiger partial charge in [0.25, 0.3) is 0 Å². The molecule has 64 valence electrons. The Kier molecular flexibility index (Phi) is 1.58. The van der Waals surface area contributed by atoms with Crippen LogP contribution in [0.3, 0.4) is 0 Å². The highest BCUT2D eigenvalue weighted by molar-refractivity contribution is 7.13. The molecule has 1 aliphatic carbocycles. The summed E-state index contributed by atoms with van der Waals surface area (Å²) in [6, 6.07) is 0.403. The summed E-state index contributed by atoms with van der Waals surface area (Å²) in [7, 11) is 2.71. The molecule has 0 aromatic heterocycles. The SMILES string of the molecule is CC1(C)C2CN(P)C(CO)C21. The van der Waals surface area contributed by atoms with Gasteiger partial charge in [0.2, 0.25) is 0 Å². The van der Waals surface area contributed by atoms with Crippen molar-refractivity contribution in [1.82, 2.24) is 4.67 Å². The van der Waals surface area contributed by atoms with E-state index >= 15 is 0 Å². The predicted molar refractivity (Wildman–Crippen MR) is 48.1 cm³/mol. The molecule has 0 spiro atoms. The fraction of sp³-hybridized carbons (Fsp3) is 1.00. The van der Waals surface area contributed by atoms with Gasteiger partial charge in [0.15, 0.2) is 0 Å². The van der Waals surface area contributed by atoms with Crippen LogP contribution < -0.4 is 0 Å². The van der Waals surface area contributed by atoms with Gasteiger partial charge in [0.1, 0.15) is 0 Å². The van der Waals surface area contributed by atoms with Crippen LogP contribution in [0.15, 0.2) is 0 Å². The molecule has 3 heteroatoms. The molecule has 0 radical (unpaired) electrons. The number of nitrogens with zero attached hydrogens (tertiary/aromatic N) is 1. The molecule has 1 saturated carbocycles. The third-order valence-corrected chi connectivity index (χ3v) is 4.17. The van der Waals surface area contributed by atoms with Gasteiger partial charge in [-0.1, -0.05) is 23.2 Å². The molecule has 11 heavy (non-hydrogen) atoms. The normalized spacial score (nSPS) is 47.5. The Morgan fingerprint density at radius 2 is 2.27 bits per heavy atom. The summed E-state index contributed by atoms with van der Waals surface area (Å²) in [4.78, 5) is 0. The van der Waals surface area contributed by atoms with Gasteiger partial charge in [0, 0.05) is 12.6 Å². The minimum atomic E-state index is 0.314. The van der Waals surface area contributed by atoms with E-state index in [1.54, 1.807) is 0 Å². The monoisotopic (exact) mass is 173 g/mol. The first-order valence-electron chi connectivity index (χ1n) is 4.21. The van der Waals surface area contributed by atoms with Gasteiger partial charge in [-0.15, -0.1) is 0 Å². The molecular weight excluding hydrogens is 157 g/mol. The van der Waals surface area contributed by atoms with Crippen molar-refractivity contribution in [2.24, 2.45) is 17.3 Å². The zero-order valence-electron chi connectivity index (χ0n) is 7.12. The molecule has 1 saturated heterocycles. The van der Waals surface area contributed by atoms with E-state index in [1.807, 2.05) is 0 Å². The van der Waals surface area contributed by atoms with Gasteiger partial charge >= 0.3 is 0 Å². The highest BCUT2D eigenvalue weighted by atomic mass is 31.0. The van der Waals surface area contributed by atoms with E-state index in [4.69, 9.17) is 5.11 Å². The molecule has 2 nitrogen and oxygen atoms in total. The Morgan fingerprint density at radius 1 is 1.64 bits per heavy atom. The van der Waals surface area contributed by atoms with Crippen LogP contribution in [0.5, 0.6) is 0 Å². The van der Waals surface area contributed by atoms with Crippen molar-refractivity contribution in [3.63, 3.8) is 0 Å². The van der Waals surface area contributed by atoms with E-state index in [1.165, 1.54) is 0 Å². The predicted octanol–water partition coefficient (Wildman–Crippen LogP) is 0.725. The van der Waals surface area contributed by atoms with Crippen LogP contribution in [0.2, 0.25) is 0 Å². The van der Waals surface area contributed by atoms with E-state index in [-0.39, 0.29) is 0 Å². The molecule has 1 heterocycles. The van der Waals surface area contributed by atoms with E-state index in [0.29, 0.717) is 18.1 Å². The highest BCUT2D eigenvalue weighted by Gasteiger charge is 2.65. The van der Waals surface area contributed by atoms with E-state index < -0.39 is 0 Å². The number of rotatable bonds is 1. The van der Waals surface area contributed by atoms with E-state index in [9.17, 15) is 0 Å². The molecule has 0 aromatic carbocycles. The van der Waals surface area contributed by atoms with Crippen molar-refractivity contribution in [3.05, 3.63) is 0 Å². The second kappa shape index (κ2) is 2.18. The van der Waals surface area contributed by atoms with E-state index in [2.05, 4.69) is 27.9 Å². The molecule has 0 bridgehead atoms. The van der Waals surface area contributed by atoms with Crippen molar-refractivity contribution in [2.75, 3.05) is 13.2 Å². The number of aliphatic hydroxyl groups is 1. The molecule has 1 N–H and O–H groups in total. The Labute approximate surface area is 70.2 Å². The lowest BCUT2D eigenvalue weighted by atomic mass is 10.0. The second-order valence-electron chi connectivity index (χ2n) is 4.40. The fourth-order valence-corrected chi connectivity index (χ4v) is 3.19. The first kappa shape index (κ1) is 7.97. The van der Waals surface area contributed by atoms with Crippen molar-refractivity contribution in [3.8, 4) is 0 Å². The van der Waals surface area contributed by atoms with Crippen LogP contribution >= 0.6 is 9.39 Å². The maximum absolute atomic E-state index is 9.11. The van der Waals surface area contributed by atoms with Crippen molar-refractivity contribution < 1.29 is 5.11 Å². The maximum atomic E-state index is 9.11. The minimum Gasteiger partial charge on any atom is -0.395 e. The van der Waals surface area contributed by atoms with Gasteiger partial charge < -0.3 is 5.11 Å². The summed E-state index contributed by atoms with van der Waals surface area (Å²) >= 11 is 0. The quantitative estimate of drug-likeness (QED) is 0.591. The first-order valence-corrected chi connectivity index (χ1v) is 4.73. The smallest absolute Gasteiger partial charge is 0.0592 e. The zero-order valence-corrected chi connectivity index (χ0v) is 8.27. The average molecular weight is 173 g/mol. The van der Waals surface area contributed by atoms with Gasteiger partial charge in [-0.25, -0.2) is 0 Å². The molecule has 2 aliphatic rings. The summed E-state index contributed by atoms with van der Waals surface area (Å²) in [5, 5.41) is 9.11. The molecule has 2 rings (SSSR count). The van der Waals surface area contributed by atoms with Crippen LogP contribution in [-0.2, 0) is 0 Å². The number of hydrogen-bond donors (Lipinski definition) is 1. The van der Waals surface area contributed by atoms with Crippen LogP contribution in [0.25, 0.3) is 0 Å². The Balaban J connectivity index is 2.11. The Bertz CT molecular complexity index is 183. The van der Waals surface area contributed by atoms with Crippen LogP contribution in [0, 0.1) is 17.3 Å². The van der Waals surface area contributed by atoms with Crippen LogP contribution in [-0.4, -0.2) is 29.0 Å². The third kappa shape index (κ3) is 0.898. The number of piperidine rings is 1. The van der Waals surface area contributed by atoms with Gasteiger partial charge in [-0.3, -0.25) is 4.67 Å². The summed E-state index contributed by atoms with van der Waals surface area (Å²) < 4.78 is 2.21. The molecule has 4 atom stereocenters. The van der Waals surface area contributed by atoms with Crippen LogP contribution in [0.1, 0.15) is 13.8 Å². The van der Waals surface area contributed by atoms with Crippen LogP contribution in [0.4, 0.5) is 0 Å². The molecule has 0 amide bonds. The van der Waals surface area contributed by atoms with Gasteiger partial charge in [-0.2, -0.15) is 0 Å². The van der Waals surface area contributed by atoms with Crippen molar-refractivity contribution >= 4 is 9.39 Å². The molecular formula is C8H16NOP. The summed E-state index contributed by atoms with van der Waals surface area (Å²) in [5.41, 5.74) is 0.500. The third-order valence-electron chi connectivity index (χ3n) is 3.57. The summed E-state index contributed by atoms with van der Waals surface area (Å²) in [6.07, 6.45) is 0. The molecule has 2 fully saturated rings. The second-order valence-corrected chi connectivity index (χ2v) is 5.06. The number of fused-ring (bicyclic) bond motifs is 1. The Morgan fingerprint density at radius 3 is 2.64 bits per heavy atom. The lowest BCUT2D eigenvalue weighted by Gasteiger charge is -2.24. The summed E-state index contributed by atoms with van der Waals surface area (Å²) in [5.74, 6) is 1.57. The first-order chi connectivity index (χ1) is 5.09. The van der Waals surface area contributed by atoms with Gasteiger partial charge in [-0.05, 0) is 17.3 Å². The lowest BCUT2D eigenvalue weighted by Crippen LogP contribution is -2.31. The molecule has 1 aliphatic heterocycles. The number of hydrogen-bond acceptors (Lipinski definition) is 2. The fourth-order valence-electron chi connectivity index (χ4n) is 2.69. The Hall–Kier alpha value is 0.350. The van der Waals surface area contributed by atoms with Gasteiger partial charge in [0.05, 0.1) is 6.61 Å². The van der Waals surface area contributed by atoms with Crippen molar-refractivity contribution in [2.45, 2.75) is 19.9 Å². The standard InChI is InChI=1S/C8H16NOP/c1-8(2)5-3-9(11)6(4-10)7(5)8/h5-7,10H,3-4,11H2,1-2H3. The lowest BCUT2D eigenvalue weighted by molar-refractivity contribution is 0.181. The average Bonchev–Trinajstić information content (AvgIpc) is 2.38. The number of aliphatic hydroxyl groups excluding tert-OH is 1. The summed E-state index contributed by atoms with van der Waals surface area (Å²) in [6.45, 7) is 6.08. The largest absolute Gasteiger partial charge is 0.395 e.